The monoisotopic (exact) mass is 1250 g/mol. The quantitative estimate of drug-likeness (QED) is 0.114. The van der Waals surface area contributed by atoms with Gasteiger partial charge in [-0.3, -0.25) is 0 Å². The summed E-state index contributed by atoms with van der Waals surface area (Å²) in [5, 5.41) is 0. The lowest BCUT2D eigenvalue weighted by Crippen LogP contribution is -2.64. The predicted molar refractivity (Wildman–Crippen MR) is 408 cm³/mol. The van der Waals surface area contributed by atoms with Crippen LogP contribution < -0.4 is 52.1 Å². The number of ether oxygens (including phenoxy) is 2. The zero-order valence-electron chi connectivity index (χ0n) is 57.2. The molecule has 2 fully saturated rings. The molecule has 0 bridgehead atoms. The highest BCUT2D eigenvalue weighted by Crippen LogP contribution is 2.55. The summed E-state index contributed by atoms with van der Waals surface area (Å²) in [5.74, 6) is 6.42. The van der Waals surface area contributed by atoms with E-state index < -0.39 is 0 Å². The van der Waals surface area contributed by atoms with Crippen molar-refractivity contribution in [1.29, 1.82) is 0 Å². The van der Waals surface area contributed by atoms with Crippen molar-refractivity contribution in [1.82, 2.24) is 0 Å². The van der Waals surface area contributed by atoms with Gasteiger partial charge in [-0.25, -0.2) is 0 Å². The van der Waals surface area contributed by atoms with Crippen molar-refractivity contribution in [3.05, 3.63) is 252 Å². The van der Waals surface area contributed by atoms with Crippen molar-refractivity contribution in [3.63, 3.8) is 0 Å². The summed E-state index contributed by atoms with van der Waals surface area (Å²) < 4.78 is 16.2. The first kappa shape index (κ1) is 60.4. The van der Waals surface area contributed by atoms with E-state index in [1.165, 1.54) is 164 Å². The van der Waals surface area contributed by atoms with Gasteiger partial charge < -0.3 is 19.3 Å². The summed E-state index contributed by atoms with van der Waals surface area (Å²) in [7, 11) is 0. The number of hydrogen-bond acceptors (Lipinski definition) is 4. The maximum absolute atomic E-state index is 8.09. The first-order valence-corrected chi connectivity index (χ1v) is 36.3. The maximum atomic E-state index is 8.09. The van der Waals surface area contributed by atoms with Crippen LogP contribution in [-0.4, -0.2) is 13.4 Å². The van der Waals surface area contributed by atoms with Gasteiger partial charge in [-0.1, -0.05) is 264 Å². The van der Waals surface area contributed by atoms with Crippen LogP contribution in [0.15, 0.2) is 218 Å². The van der Waals surface area contributed by atoms with E-state index in [4.69, 9.17) is 9.47 Å². The summed E-state index contributed by atoms with van der Waals surface area (Å²) in [6, 6.07) is 85.0. The van der Waals surface area contributed by atoms with Crippen molar-refractivity contribution in [3.8, 4) is 67.5 Å². The van der Waals surface area contributed by atoms with Crippen LogP contribution in [0.5, 0.6) is 23.0 Å². The molecule has 4 heterocycles. The minimum absolute atomic E-state index is 0.212. The Labute approximate surface area is 570 Å². The first-order chi connectivity index (χ1) is 46.9. The Bertz CT molecular complexity index is 4460. The van der Waals surface area contributed by atoms with Gasteiger partial charge in [0.1, 0.15) is 23.0 Å². The number of benzene rings is 11. The van der Waals surface area contributed by atoms with Crippen LogP contribution in [-0.2, 0) is 0 Å². The van der Waals surface area contributed by atoms with Crippen molar-refractivity contribution >= 4 is 80.3 Å². The van der Waals surface area contributed by atoms with Gasteiger partial charge in [0.15, 0.2) is 0 Å². The van der Waals surface area contributed by atoms with Crippen LogP contribution in [0.4, 0.5) is 34.1 Å². The lowest BCUT2D eigenvalue weighted by molar-refractivity contribution is 0.442. The van der Waals surface area contributed by atoms with Crippen LogP contribution in [0.25, 0.3) is 44.5 Å². The summed E-state index contributed by atoms with van der Waals surface area (Å²) in [4.78, 5) is 5.14. The molecule has 0 aromatic heterocycles. The smallest absolute Gasteiger partial charge is 0.256 e. The van der Waals surface area contributed by atoms with Gasteiger partial charge in [-0.05, 0) is 209 Å². The Morgan fingerprint density at radius 2 is 0.594 bits per heavy atom. The lowest BCUT2D eigenvalue weighted by Gasteiger charge is -2.47. The van der Waals surface area contributed by atoms with Gasteiger partial charge in [0.05, 0.1) is 11.4 Å². The zero-order chi connectivity index (χ0) is 65.0. The molecule has 2 aliphatic carbocycles. The van der Waals surface area contributed by atoms with Gasteiger partial charge in [-0.15, -0.1) is 0 Å². The highest BCUT2D eigenvalue weighted by molar-refractivity contribution is 7.02. The zero-order valence-corrected chi connectivity index (χ0v) is 57.2. The van der Waals surface area contributed by atoms with Crippen molar-refractivity contribution in [2.24, 2.45) is 0 Å². The Morgan fingerprint density at radius 3 is 0.906 bits per heavy atom. The summed E-state index contributed by atoms with van der Waals surface area (Å²) >= 11 is 0. The van der Waals surface area contributed by atoms with Crippen LogP contribution in [0.2, 0.25) is 0 Å². The number of rotatable bonds is 12. The largest absolute Gasteiger partial charge is 0.456 e. The van der Waals surface area contributed by atoms with E-state index in [-0.39, 0.29) is 13.4 Å². The van der Waals surface area contributed by atoms with Crippen molar-refractivity contribution in [2.45, 2.75) is 155 Å². The topological polar surface area (TPSA) is 24.9 Å². The fourth-order valence-corrected chi connectivity index (χ4v) is 17.2. The van der Waals surface area contributed by atoms with E-state index >= 15 is 0 Å². The summed E-state index contributed by atoms with van der Waals surface area (Å²) in [6.07, 6.45) is 12.5. The highest BCUT2D eigenvalue weighted by Gasteiger charge is 2.53. The number of anilines is 6. The third-order valence-electron chi connectivity index (χ3n) is 22.8. The third-order valence-corrected chi connectivity index (χ3v) is 22.8. The first-order valence-electron chi connectivity index (χ1n) is 36.3. The Balaban J connectivity index is 0.964. The molecule has 0 spiro atoms. The van der Waals surface area contributed by atoms with E-state index in [1.54, 1.807) is 0 Å². The maximum Gasteiger partial charge on any atom is 0.256 e. The van der Waals surface area contributed by atoms with Gasteiger partial charge in [0.2, 0.25) is 0 Å². The average Bonchev–Trinajstić information content (AvgIpc) is 0.672. The molecule has 4 nitrogen and oxygen atoms in total. The fourth-order valence-electron chi connectivity index (χ4n) is 17.2. The molecule has 0 saturated heterocycles. The lowest BCUT2D eigenvalue weighted by atomic mass is 9.31. The predicted octanol–water partition coefficient (Wildman–Crippen LogP) is 21.8. The Morgan fingerprint density at radius 1 is 0.302 bits per heavy atom. The Kier molecular flexibility index (Phi) is 15.4. The van der Waals surface area contributed by atoms with Gasteiger partial charge in [-0.2, -0.15) is 0 Å². The van der Waals surface area contributed by atoms with Gasteiger partial charge in [0.25, 0.3) is 13.4 Å². The standard InChI is InChI=1S/C90H86B2N2O2/c1-55(2)59-19-27-65(28-20-59)67-35-43-75(44-36-67)93-81-47-39-71(69-31-23-61(24-32-69)57(5)6)51-77(81)91-79-53-73(63-15-11-9-12-16-63)42-50-84(79)96-90-85(91)87(93)89-86-88(90)94(76-45-37-68(38-46-76)66-29-21-60(22-30-66)56(3)4)82-48-40-72(70-33-25-62(26-34-70)58(7)8)52-78(82)92(86)80-54-74(41-49-83(80)95-89)64-17-13-10-14-18-64/h19-58,63-64H,9-18H2,1-8H3. The summed E-state index contributed by atoms with van der Waals surface area (Å²) in [6.45, 7) is 17.8. The molecule has 0 N–H and O–H groups in total. The molecule has 0 amide bonds. The van der Waals surface area contributed by atoms with Crippen LogP contribution >= 0.6 is 0 Å². The van der Waals surface area contributed by atoms with E-state index in [1.807, 2.05) is 0 Å². The molecule has 11 aromatic rings. The molecule has 6 aliphatic rings. The normalized spacial score (nSPS) is 15.5. The number of nitrogens with zero attached hydrogens (tertiary/aromatic N) is 2. The number of hydrogen-bond donors (Lipinski definition) is 0. The average molecular weight is 1250 g/mol. The van der Waals surface area contributed by atoms with E-state index in [0.29, 0.717) is 35.5 Å². The van der Waals surface area contributed by atoms with Gasteiger partial charge in [0, 0.05) is 33.7 Å². The molecule has 0 atom stereocenters. The van der Waals surface area contributed by atoms with E-state index in [9.17, 15) is 0 Å². The molecule has 4 aliphatic heterocycles. The molecule has 474 valence electrons. The molecule has 17 rings (SSSR count). The van der Waals surface area contributed by atoms with Crippen molar-refractivity contribution < 1.29 is 9.47 Å². The minimum atomic E-state index is -0.212. The number of fused-ring (bicyclic) bond motifs is 10. The minimum Gasteiger partial charge on any atom is -0.456 e. The highest BCUT2D eigenvalue weighted by atomic mass is 16.5. The van der Waals surface area contributed by atoms with Crippen LogP contribution in [0.3, 0.4) is 0 Å². The summed E-state index contributed by atoms with van der Waals surface area (Å²) in [5.41, 5.74) is 31.6. The molecular formula is C90H86B2N2O2. The molecule has 2 saturated carbocycles. The van der Waals surface area contributed by atoms with Crippen molar-refractivity contribution in [2.75, 3.05) is 9.80 Å². The molecule has 0 radical (unpaired) electrons. The second kappa shape index (κ2) is 24.4. The second-order valence-electron chi connectivity index (χ2n) is 29.9. The molecule has 96 heavy (non-hydrogen) atoms. The van der Waals surface area contributed by atoms with E-state index in [2.05, 4.69) is 284 Å². The second-order valence-corrected chi connectivity index (χ2v) is 29.9. The van der Waals surface area contributed by atoms with Crippen LogP contribution in [0, 0.1) is 0 Å². The van der Waals surface area contributed by atoms with Crippen LogP contribution in [0.1, 0.15) is 188 Å². The van der Waals surface area contributed by atoms with Gasteiger partial charge >= 0.3 is 0 Å². The SMILES string of the molecule is CC(C)c1ccc(-c2ccc(N3c4ccc(-c5ccc(C(C)C)cc5)cc4B4c5cc(C6CCCCC6)ccc5Oc5c4c3c3c4c5N(c5ccc(-c6ccc(C(C)C)cc6)cc5)c5ccc(-c6ccc(C(C)C)cc6)cc5B4c4cc(C5CCCCC5)ccc4O3)cc2)cc1. The molecule has 0 unspecified atom stereocenters. The fraction of sp³-hybridized carbons (Fsp3) is 0.267. The Hall–Kier alpha value is -9.25. The van der Waals surface area contributed by atoms with E-state index in [0.717, 1.165) is 68.0 Å². The molecule has 6 heteroatoms. The third kappa shape index (κ3) is 10.4. The molecule has 11 aromatic carbocycles. The molecular weight excluding hydrogens is 1160 g/mol.